The number of carbonyl (C=O) groups excluding carboxylic acids is 1. The van der Waals surface area contributed by atoms with E-state index in [4.69, 9.17) is 4.74 Å². The average molecular weight is 374 g/mol. The maximum absolute atomic E-state index is 12.9. The molecule has 27 heavy (non-hydrogen) atoms. The molecule has 3 rings (SSSR count). The highest BCUT2D eigenvalue weighted by Crippen LogP contribution is 2.12. The molecule has 2 aliphatic heterocycles. The fraction of sp³-hybridized carbons (Fsp3) is 0.682. The van der Waals surface area contributed by atoms with Crippen LogP contribution in [0.15, 0.2) is 30.3 Å². The molecule has 2 saturated heterocycles. The van der Waals surface area contributed by atoms with Crippen LogP contribution in [-0.2, 0) is 16.0 Å². The first-order valence-electron chi connectivity index (χ1n) is 10.6. The predicted octanol–water partition coefficient (Wildman–Crippen LogP) is 2.12. The Morgan fingerprint density at radius 3 is 2.56 bits per heavy atom. The van der Waals surface area contributed by atoms with E-state index >= 15 is 0 Å². The molecule has 2 heterocycles. The summed E-state index contributed by atoms with van der Waals surface area (Å²) in [6.45, 7) is 11.4. The van der Waals surface area contributed by atoms with Gasteiger partial charge in [-0.1, -0.05) is 37.3 Å². The summed E-state index contributed by atoms with van der Waals surface area (Å²) in [5.74, 6) is 0.403. The third-order valence-corrected chi connectivity index (χ3v) is 5.74. The van der Waals surface area contributed by atoms with E-state index in [-0.39, 0.29) is 5.92 Å². The van der Waals surface area contributed by atoms with E-state index in [9.17, 15) is 4.79 Å². The molecule has 1 aromatic rings. The van der Waals surface area contributed by atoms with Gasteiger partial charge in [0.15, 0.2) is 0 Å². The van der Waals surface area contributed by atoms with Gasteiger partial charge in [0.05, 0.1) is 13.2 Å². The van der Waals surface area contributed by atoms with Crippen LogP contribution in [0.3, 0.4) is 0 Å². The van der Waals surface area contributed by atoms with Crippen molar-refractivity contribution in [2.75, 3.05) is 65.6 Å². The second kappa shape index (κ2) is 10.8. The summed E-state index contributed by atoms with van der Waals surface area (Å²) in [6, 6.07) is 10.7. The van der Waals surface area contributed by atoms with E-state index in [1.165, 1.54) is 12.0 Å². The predicted molar refractivity (Wildman–Crippen MR) is 109 cm³/mol. The number of morpholine rings is 1. The van der Waals surface area contributed by atoms with Crippen LogP contribution in [0.2, 0.25) is 0 Å². The van der Waals surface area contributed by atoms with Crippen molar-refractivity contribution < 1.29 is 9.53 Å². The summed E-state index contributed by atoms with van der Waals surface area (Å²) in [5.41, 5.74) is 1.42. The lowest BCUT2D eigenvalue weighted by Crippen LogP contribution is -2.45. The molecule has 1 atom stereocenters. The first kappa shape index (κ1) is 20.3. The van der Waals surface area contributed by atoms with Crippen LogP contribution in [0.25, 0.3) is 0 Å². The molecule has 0 aromatic heterocycles. The number of hydrogen-bond acceptors (Lipinski definition) is 4. The smallest absolute Gasteiger partial charge is 0.226 e. The third kappa shape index (κ3) is 6.59. The van der Waals surface area contributed by atoms with Gasteiger partial charge in [0.25, 0.3) is 0 Å². The molecule has 5 heteroatoms. The van der Waals surface area contributed by atoms with Gasteiger partial charge < -0.3 is 14.5 Å². The number of hydrogen-bond donors (Lipinski definition) is 0. The number of nitrogens with zero attached hydrogens (tertiary/aromatic N) is 3. The SMILES string of the molecule is CC(CN1CCOCC1)C(=O)N1CCCN(CCCc2ccccc2)CC1. The van der Waals surface area contributed by atoms with Gasteiger partial charge in [0.1, 0.15) is 0 Å². The summed E-state index contributed by atoms with van der Waals surface area (Å²) in [4.78, 5) is 19.9. The van der Waals surface area contributed by atoms with Crippen LogP contribution >= 0.6 is 0 Å². The lowest BCUT2D eigenvalue weighted by atomic mass is 10.1. The molecule has 150 valence electrons. The Kier molecular flexibility index (Phi) is 8.11. The molecule has 0 radical (unpaired) electrons. The normalized spacial score (nSPS) is 21.0. The molecule has 0 aliphatic carbocycles. The van der Waals surface area contributed by atoms with Gasteiger partial charge in [0.2, 0.25) is 5.91 Å². The average Bonchev–Trinajstić information content (AvgIpc) is 2.95. The molecule has 5 nitrogen and oxygen atoms in total. The third-order valence-electron chi connectivity index (χ3n) is 5.74. The van der Waals surface area contributed by atoms with Gasteiger partial charge in [-0.05, 0) is 37.9 Å². The summed E-state index contributed by atoms with van der Waals surface area (Å²) in [7, 11) is 0. The van der Waals surface area contributed by atoms with E-state index < -0.39 is 0 Å². The fourth-order valence-corrected chi connectivity index (χ4v) is 4.13. The van der Waals surface area contributed by atoms with E-state index in [1.807, 2.05) is 0 Å². The molecule has 0 N–H and O–H groups in total. The van der Waals surface area contributed by atoms with Crippen LogP contribution in [0.4, 0.5) is 0 Å². The van der Waals surface area contributed by atoms with E-state index in [0.29, 0.717) is 5.91 Å². The highest BCUT2D eigenvalue weighted by molar-refractivity contribution is 5.78. The highest BCUT2D eigenvalue weighted by atomic mass is 16.5. The topological polar surface area (TPSA) is 36.0 Å². The highest BCUT2D eigenvalue weighted by Gasteiger charge is 2.25. The summed E-state index contributed by atoms with van der Waals surface area (Å²) in [5, 5.41) is 0. The number of aryl methyl sites for hydroxylation is 1. The zero-order chi connectivity index (χ0) is 18.9. The van der Waals surface area contributed by atoms with Crippen molar-refractivity contribution in [1.29, 1.82) is 0 Å². The van der Waals surface area contributed by atoms with Gasteiger partial charge in [-0.15, -0.1) is 0 Å². The zero-order valence-electron chi connectivity index (χ0n) is 16.8. The van der Waals surface area contributed by atoms with Crippen LogP contribution in [0, 0.1) is 5.92 Å². The van der Waals surface area contributed by atoms with Gasteiger partial charge >= 0.3 is 0 Å². The zero-order valence-corrected chi connectivity index (χ0v) is 16.8. The van der Waals surface area contributed by atoms with Crippen LogP contribution in [-0.4, -0.2) is 86.2 Å². The Balaban J connectivity index is 1.38. The van der Waals surface area contributed by atoms with Crippen molar-refractivity contribution in [3.8, 4) is 0 Å². The fourth-order valence-electron chi connectivity index (χ4n) is 4.13. The Labute approximate surface area is 164 Å². The molecule has 2 aliphatic rings. The molecular formula is C22H35N3O2. The lowest BCUT2D eigenvalue weighted by Gasteiger charge is -2.31. The monoisotopic (exact) mass is 373 g/mol. The number of rotatable bonds is 7. The molecule has 1 unspecified atom stereocenters. The quantitative estimate of drug-likeness (QED) is 0.734. The standard InChI is InChI=1S/C22H35N3O2/c1-20(19-24-15-17-27-18-16-24)22(26)25-12-6-11-23(13-14-25)10-5-9-21-7-3-2-4-8-21/h2-4,7-8,20H,5-6,9-19H2,1H3. The Morgan fingerprint density at radius 1 is 1.00 bits per heavy atom. The van der Waals surface area contributed by atoms with E-state index in [0.717, 1.165) is 78.4 Å². The molecular weight excluding hydrogens is 338 g/mol. The summed E-state index contributed by atoms with van der Waals surface area (Å²) >= 11 is 0. The van der Waals surface area contributed by atoms with Crippen LogP contribution in [0.1, 0.15) is 25.3 Å². The second-order valence-corrected chi connectivity index (χ2v) is 7.92. The van der Waals surface area contributed by atoms with Crippen LogP contribution in [0.5, 0.6) is 0 Å². The Morgan fingerprint density at radius 2 is 1.78 bits per heavy atom. The minimum atomic E-state index is 0.0766. The maximum atomic E-state index is 12.9. The van der Waals surface area contributed by atoms with Crippen molar-refractivity contribution in [1.82, 2.24) is 14.7 Å². The van der Waals surface area contributed by atoms with Crippen LogP contribution < -0.4 is 0 Å². The van der Waals surface area contributed by atoms with Gasteiger partial charge in [-0.2, -0.15) is 0 Å². The number of amides is 1. The van der Waals surface area contributed by atoms with E-state index in [1.54, 1.807) is 0 Å². The number of ether oxygens (including phenoxy) is 1. The van der Waals surface area contributed by atoms with E-state index in [2.05, 4.69) is 52.0 Å². The number of benzene rings is 1. The Bertz CT molecular complexity index is 560. The lowest BCUT2D eigenvalue weighted by molar-refractivity contribution is -0.135. The maximum Gasteiger partial charge on any atom is 0.226 e. The second-order valence-electron chi connectivity index (χ2n) is 7.92. The molecule has 0 bridgehead atoms. The largest absolute Gasteiger partial charge is 0.379 e. The molecule has 1 amide bonds. The molecule has 1 aromatic carbocycles. The first-order valence-corrected chi connectivity index (χ1v) is 10.6. The van der Waals surface area contributed by atoms with Crippen molar-refractivity contribution in [2.24, 2.45) is 5.92 Å². The van der Waals surface area contributed by atoms with Crippen molar-refractivity contribution in [3.63, 3.8) is 0 Å². The van der Waals surface area contributed by atoms with Crippen molar-refractivity contribution >= 4 is 5.91 Å². The Hall–Kier alpha value is -1.43. The molecule has 0 spiro atoms. The summed E-state index contributed by atoms with van der Waals surface area (Å²) < 4.78 is 5.40. The minimum Gasteiger partial charge on any atom is -0.379 e. The molecule has 0 saturated carbocycles. The number of carbonyl (C=O) groups is 1. The molecule has 2 fully saturated rings. The first-order chi connectivity index (χ1) is 13.2. The van der Waals surface area contributed by atoms with Gasteiger partial charge in [-0.3, -0.25) is 9.69 Å². The minimum absolute atomic E-state index is 0.0766. The van der Waals surface area contributed by atoms with Gasteiger partial charge in [-0.25, -0.2) is 0 Å². The summed E-state index contributed by atoms with van der Waals surface area (Å²) in [6.07, 6.45) is 3.41. The van der Waals surface area contributed by atoms with Crippen molar-refractivity contribution in [2.45, 2.75) is 26.2 Å². The van der Waals surface area contributed by atoms with Crippen molar-refractivity contribution in [3.05, 3.63) is 35.9 Å². The van der Waals surface area contributed by atoms with Gasteiger partial charge in [0, 0.05) is 45.2 Å².